The van der Waals surface area contributed by atoms with Gasteiger partial charge in [0.2, 0.25) is 0 Å². The van der Waals surface area contributed by atoms with Crippen LogP contribution < -0.4 is 10.6 Å². The maximum Gasteiger partial charge on any atom is 0.253 e. The van der Waals surface area contributed by atoms with Crippen LogP contribution in [0.2, 0.25) is 0 Å². The van der Waals surface area contributed by atoms with Crippen LogP contribution in [0.15, 0.2) is 46.7 Å². The second-order valence-electron chi connectivity index (χ2n) is 3.64. The Morgan fingerprint density at radius 3 is 2.61 bits per heavy atom. The molecule has 1 aliphatic heterocycles. The van der Waals surface area contributed by atoms with E-state index >= 15 is 0 Å². The second kappa shape index (κ2) is 4.47. The van der Waals surface area contributed by atoms with Crippen LogP contribution in [0.1, 0.15) is 0 Å². The normalized spacial score (nSPS) is 15.5. The van der Waals surface area contributed by atoms with Gasteiger partial charge in [-0.2, -0.15) is 0 Å². The molecule has 0 spiro atoms. The van der Waals surface area contributed by atoms with E-state index in [2.05, 4.69) is 53.2 Å². The first kappa shape index (κ1) is 12.4. The topological polar surface area (TPSA) is 37.6 Å². The number of halogens is 3. The summed E-state index contributed by atoms with van der Waals surface area (Å²) in [6, 6.07) is 9.68. The molecule has 0 saturated carbocycles. The molecular weight excluding hydrogens is 432 g/mol. The molecule has 0 aliphatic carbocycles. The maximum absolute atomic E-state index is 5.67. The minimum absolute atomic E-state index is 0.583. The van der Waals surface area contributed by atoms with E-state index in [9.17, 15) is 0 Å². The van der Waals surface area contributed by atoms with Crippen LogP contribution in [-0.4, -0.2) is 2.14 Å². The number of nitrogens with one attached hydrogen (secondary N) is 1. The van der Waals surface area contributed by atoms with Gasteiger partial charge in [0.15, 0.2) is 7.90 Å². The highest BCUT2D eigenvalue weighted by atomic mass is 80.0. The summed E-state index contributed by atoms with van der Waals surface area (Å²) in [5.41, 5.74) is 3.77. The lowest BCUT2D eigenvalue weighted by Gasteiger charge is -2.17. The van der Waals surface area contributed by atoms with Crippen LogP contribution in [0.25, 0.3) is 11.0 Å². The van der Waals surface area contributed by atoms with E-state index in [1.165, 1.54) is 5.17 Å². The maximum atomic E-state index is 5.67. The molecular formula is C11H7Br3N2O2. The summed E-state index contributed by atoms with van der Waals surface area (Å²) in [5, 5.41) is 2.47. The number of benzene rings is 1. The van der Waals surface area contributed by atoms with E-state index in [4.69, 9.17) is 9.25 Å². The Balaban J connectivity index is 1.86. The number of alkyl halides is 3. The molecule has 0 bridgehead atoms. The molecule has 7 heteroatoms. The molecule has 0 atom stereocenters. The van der Waals surface area contributed by atoms with E-state index in [1.54, 1.807) is 6.20 Å². The van der Waals surface area contributed by atoms with E-state index in [0.29, 0.717) is 11.6 Å². The van der Waals surface area contributed by atoms with Gasteiger partial charge >= 0.3 is 0 Å². The number of hydrogen-bond donors (Lipinski definition) is 1. The minimum Gasteiger partial charge on any atom is -0.436 e. The highest BCUT2D eigenvalue weighted by Gasteiger charge is 2.33. The molecule has 0 amide bonds. The van der Waals surface area contributed by atoms with Gasteiger partial charge in [0, 0.05) is 11.5 Å². The van der Waals surface area contributed by atoms with Gasteiger partial charge in [-0.05, 0) is 6.07 Å². The van der Waals surface area contributed by atoms with Crippen molar-refractivity contribution in [2.45, 2.75) is 2.14 Å². The Labute approximate surface area is 128 Å². The summed E-state index contributed by atoms with van der Waals surface area (Å²) in [4.78, 5) is 5.59. The summed E-state index contributed by atoms with van der Waals surface area (Å²) in [5.74, 6) is 1.21. The highest BCUT2D eigenvalue weighted by Crippen LogP contribution is 2.43. The van der Waals surface area contributed by atoms with Gasteiger partial charge in [0.1, 0.15) is 5.58 Å². The van der Waals surface area contributed by atoms with Crippen LogP contribution >= 0.6 is 47.8 Å². The van der Waals surface area contributed by atoms with Crippen molar-refractivity contribution < 1.29 is 9.25 Å². The fourth-order valence-corrected chi connectivity index (χ4v) is 2.14. The second-order valence-corrected chi connectivity index (χ2v) is 10.4. The Hall–Kier alpha value is -0.660. The van der Waals surface area contributed by atoms with Gasteiger partial charge < -0.3 is 9.25 Å². The van der Waals surface area contributed by atoms with Crippen molar-refractivity contribution in [3.63, 3.8) is 0 Å². The Morgan fingerprint density at radius 2 is 1.94 bits per heavy atom. The average Bonchev–Trinajstić information content (AvgIpc) is 2.94. The number of anilines is 1. The zero-order chi connectivity index (χ0) is 12.8. The van der Waals surface area contributed by atoms with Gasteiger partial charge in [-0.3, -0.25) is 5.43 Å². The lowest BCUT2D eigenvalue weighted by Crippen LogP contribution is -2.28. The third-order valence-corrected chi connectivity index (χ3v) is 3.57. The molecule has 0 radical (unpaired) electrons. The lowest BCUT2D eigenvalue weighted by atomic mass is 10.3. The summed E-state index contributed by atoms with van der Waals surface area (Å²) in [7, 11) is 0. The van der Waals surface area contributed by atoms with Crippen molar-refractivity contribution in [1.82, 2.24) is 5.43 Å². The quantitative estimate of drug-likeness (QED) is 0.671. The van der Waals surface area contributed by atoms with Gasteiger partial charge in [0.05, 0.1) is 6.20 Å². The molecule has 0 unspecified atom stereocenters. The first-order chi connectivity index (χ1) is 8.54. The van der Waals surface area contributed by atoms with Crippen molar-refractivity contribution in [1.29, 1.82) is 0 Å². The first-order valence-corrected chi connectivity index (χ1v) is 7.42. The summed E-state index contributed by atoms with van der Waals surface area (Å²) >= 11 is 10.1. The largest absolute Gasteiger partial charge is 0.436 e. The number of allylic oxidation sites excluding steroid dienone is 1. The van der Waals surface area contributed by atoms with Crippen LogP contribution in [0.5, 0.6) is 0 Å². The number of rotatable bonds is 1. The van der Waals surface area contributed by atoms with Crippen LogP contribution in [-0.2, 0) is 4.84 Å². The predicted octanol–water partition coefficient (Wildman–Crippen LogP) is 4.37. The van der Waals surface area contributed by atoms with Crippen molar-refractivity contribution in [3.8, 4) is 0 Å². The Morgan fingerprint density at radius 1 is 1.17 bits per heavy atom. The molecule has 3 rings (SSSR count). The van der Waals surface area contributed by atoms with Crippen LogP contribution in [0.3, 0.4) is 0 Å². The Bertz CT molecular complexity index is 585. The number of furan rings is 1. The number of para-hydroxylation sites is 1. The monoisotopic (exact) mass is 436 g/mol. The van der Waals surface area contributed by atoms with Crippen LogP contribution in [0.4, 0.5) is 5.88 Å². The zero-order valence-corrected chi connectivity index (χ0v) is 13.6. The molecule has 0 saturated heterocycles. The number of hydrogen-bond acceptors (Lipinski definition) is 4. The molecule has 1 aliphatic rings. The number of fused-ring (bicyclic) bond motifs is 1. The fraction of sp³-hybridized carbons (Fsp3) is 0.0909. The van der Waals surface area contributed by atoms with Crippen molar-refractivity contribution in [2.75, 3.05) is 5.17 Å². The molecule has 2 heterocycles. The number of nitrogens with zero attached hydrogens (tertiary/aromatic N) is 1. The third kappa shape index (κ3) is 2.26. The summed E-state index contributed by atoms with van der Waals surface area (Å²) in [6.07, 6.45) is 1.71. The smallest absolute Gasteiger partial charge is 0.253 e. The molecule has 18 heavy (non-hydrogen) atoms. The van der Waals surface area contributed by atoms with Gasteiger partial charge in [-0.1, -0.05) is 71.2 Å². The van der Waals surface area contributed by atoms with Crippen molar-refractivity contribution in [2.24, 2.45) is 0 Å². The fourth-order valence-electron chi connectivity index (χ4n) is 1.58. The third-order valence-electron chi connectivity index (χ3n) is 2.39. The lowest BCUT2D eigenvalue weighted by molar-refractivity contribution is 0.177. The van der Waals surface area contributed by atoms with Gasteiger partial charge in [-0.15, -0.1) is 0 Å². The minimum atomic E-state index is -0.596. The van der Waals surface area contributed by atoms with E-state index < -0.39 is 2.14 Å². The Kier molecular flexibility index (Phi) is 3.07. The summed E-state index contributed by atoms with van der Waals surface area (Å²) in [6.45, 7) is 0. The molecule has 0 fully saturated rings. The predicted molar refractivity (Wildman–Crippen MR) is 80.5 cm³/mol. The van der Waals surface area contributed by atoms with E-state index in [1.807, 2.05) is 30.3 Å². The molecule has 4 nitrogen and oxygen atoms in total. The molecule has 94 valence electrons. The SMILES string of the molecule is BrC(Br)(Br)C1=CNN(c2cc3ccccc3o2)O1. The van der Waals surface area contributed by atoms with Gasteiger partial charge in [-0.25, -0.2) is 0 Å². The molecule has 1 N–H and O–H groups in total. The van der Waals surface area contributed by atoms with E-state index in [0.717, 1.165) is 11.0 Å². The molecule has 1 aromatic heterocycles. The van der Waals surface area contributed by atoms with Gasteiger partial charge in [0.25, 0.3) is 5.88 Å². The first-order valence-electron chi connectivity index (χ1n) is 5.04. The number of hydrazine groups is 1. The molecule has 1 aromatic carbocycles. The zero-order valence-electron chi connectivity index (χ0n) is 8.86. The standard InChI is InChI=1S/C11H7Br3N2O2/c12-11(13,14)9-6-15-16(18-9)10-5-7-3-1-2-4-8(7)17-10/h1-6,15H. The summed E-state index contributed by atoms with van der Waals surface area (Å²) < 4.78 is 5.08. The molecule has 2 aromatic rings. The van der Waals surface area contributed by atoms with Crippen molar-refractivity contribution >= 4 is 64.6 Å². The van der Waals surface area contributed by atoms with Crippen molar-refractivity contribution in [3.05, 3.63) is 42.3 Å². The van der Waals surface area contributed by atoms with E-state index in [-0.39, 0.29) is 0 Å². The highest BCUT2D eigenvalue weighted by molar-refractivity contribution is 9.39. The average molecular weight is 439 g/mol. The van der Waals surface area contributed by atoms with Crippen LogP contribution in [0, 0.1) is 0 Å².